The van der Waals surface area contributed by atoms with Gasteiger partial charge in [0.2, 0.25) is 0 Å². The number of likely N-dealkylation sites (N-methyl/N-ethyl adjacent to an activating group) is 1. The molecule has 3 aromatic rings. The average Bonchev–Trinajstić information content (AvgIpc) is 3.23. The number of anilines is 1. The number of nitrogens with zero attached hydrogens (tertiary/aromatic N) is 3. The summed E-state index contributed by atoms with van der Waals surface area (Å²) < 4.78 is 6.58. The average molecular weight is 458 g/mol. The van der Waals surface area contributed by atoms with Crippen molar-refractivity contribution < 1.29 is 9.53 Å². The van der Waals surface area contributed by atoms with Crippen LogP contribution < -0.4 is 9.64 Å². The van der Waals surface area contributed by atoms with Crippen LogP contribution in [0.25, 0.3) is 10.2 Å². The minimum atomic E-state index is -0.0177. The molecule has 0 aliphatic carbocycles. The van der Waals surface area contributed by atoms with Gasteiger partial charge < -0.3 is 9.64 Å². The molecular formula is C24H31N3O2S2. The lowest BCUT2D eigenvalue weighted by atomic mass is 10.2. The van der Waals surface area contributed by atoms with Crippen molar-refractivity contribution in [2.45, 2.75) is 32.6 Å². The zero-order chi connectivity index (χ0) is 22.4. The Morgan fingerprint density at radius 2 is 1.77 bits per heavy atom. The van der Waals surface area contributed by atoms with Crippen LogP contribution in [0, 0.1) is 6.92 Å². The van der Waals surface area contributed by atoms with Crippen LogP contribution in [0.3, 0.4) is 0 Å². The number of methoxy groups -OCH3 is 1. The molecule has 31 heavy (non-hydrogen) atoms. The molecule has 0 fully saturated rings. The Labute approximate surface area is 193 Å². The van der Waals surface area contributed by atoms with Crippen molar-refractivity contribution in [2.24, 2.45) is 0 Å². The first-order valence-corrected chi connectivity index (χ1v) is 12.5. The van der Waals surface area contributed by atoms with Crippen molar-refractivity contribution >= 4 is 44.4 Å². The fourth-order valence-electron chi connectivity index (χ4n) is 3.46. The van der Waals surface area contributed by atoms with E-state index in [1.54, 1.807) is 30.2 Å². The van der Waals surface area contributed by atoms with Gasteiger partial charge in [-0.3, -0.25) is 9.69 Å². The van der Waals surface area contributed by atoms with Crippen molar-refractivity contribution in [3.63, 3.8) is 0 Å². The second kappa shape index (κ2) is 11.0. The molecule has 5 nitrogen and oxygen atoms in total. The van der Waals surface area contributed by atoms with Gasteiger partial charge in [-0.1, -0.05) is 38.2 Å². The van der Waals surface area contributed by atoms with Gasteiger partial charge in [0, 0.05) is 23.5 Å². The van der Waals surface area contributed by atoms with Gasteiger partial charge in [-0.25, -0.2) is 4.98 Å². The highest BCUT2D eigenvalue weighted by atomic mass is 32.2. The van der Waals surface area contributed by atoms with Crippen molar-refractivity contribution in [3.8, 4) is 5.75 Å². The van der Waals surface area contributed by atoms with E-state index in [0.717, 1.165) is 46.9 Å². The highest BCUT2D eigenvalue weighted by Gasteiger charge is 2.23. The van der Waals surface area contributed by atoms with E-state index in [2.05, 4.69) is 32.6 Å². The number of aromatic nitrogens is 1. The molecule has 0 radical (unpaired) electrons. The molecule has 0 spiro atoms. The summed E-state index contributed by atoms with van der Waals surface area (Å²) in [7, 11) is 1.66. The lowest BCUT2D eigenvalue weighted by molar-refractivity contribution is 0.0983. The second-order valence-corrected chi connectivity index (χ2v) is 9.51. The van der Waals surface area contributed by atoms with Gasteiger partial charge >= 0.3 is 0 Å². The van der Waals surface area contributed by atoms with Gasteiger partial charge in [0.15, 0.2) is 5.13 Å². The molecule has 0 N–H and O–H groups in total. The lowest BCUT2D eigenvalue weighted by Gasteiger charge is -2.24. The first-order chi connectivity index (χ1) is 15.0. The highest BCUT2D eigenvalue weighted by molar-refractivity contribution is 7.99. The number of rotatable bonds is 10. The molecule has 2 aromatic carbocycles. The smallest absolute Gasteiger partial charge is 0.260 e. The molecule has 166 valence electrons. The number of ether oxygens (including phenoxy) is 1. The van der Waals surface area contributed by atoms with Gasteiger partial charge in [0.05, 0.1) is 11.8 Å². The molecule has 7 heteroatoms. The molecule has 0 unspecified atom stereocenters. The van der Waals surface area contributed by atoms with Crippen LogP contribution in [-0.2, 0) is 0 Å². The van der Waals surface area contributed by atoms with Gasteiger partial charge in [-0.05, 0) is 61.7 Å². The number of carbonyl (C=O) groups excluding carboxylic acids is 1. The Kier molecular flexibility index (Phi) is 8.35. The molecule has 3 rings (SSSR count). The Bertz CT molecular complexity index is 1010. The summed E-state index contributed by atoms with van der Waals surface area (Å²) in [6.07, 6.45) is 0. The summed E-state index contributed by atoms with van der Waals surface area (Å²) in [5, 5.41) is 0.715. The molecule has 0 saturated heterocycles. The van der Waals surface area contributed by atoms with E-state index in [4.69, 9.17) is 9.72 Å². The van der Waals surface area contributed by atoms with Crippen molar-refractivity contribution in [3.05, 3.63) is 47.5 Å². The molecule has 1 heterocycles. The molecule has 0 atom stereocenters. The number of amides is 1. The Hall–Kier alpha value is -2.09. The summed E-state index contributed by atoms with van der Waals surface area (Å²) in [6.45, 7) is 11.8. The monoisotopic (exact) mass is 457 g/mol. The number of hydrogen-bond acceptors (Lipinski definition) is 6. The summed E-state index contributed by atoms with van der Waals surface area (Å²) in [6, 6.07) is 11.9. The fraction of sp³-hybridized carbons (Fsp3) is 0.417. The van der Waals surface area contributed by atoms with Gasteiger partial charge in [0.25, 0.3) is 5.91 Å². The standard InChI is InChI=1S/C24H31N3O2S2/c1-6-26(7-2)15-16-27(23(28)18-10-12-19(13-11-18)30-8-3)24-25-21-20(29-5)14-9-17(4)22(21)31-24/h9-14H,6-8,15-16H2,1-5H3. The molecule has 0 saturated carbocycles. The van der Waals surface area contributed by atoms with Crippen LogP contribution in [0.15, 0.2) is 41.3 Å². The number of carbonyl (C=O) groups is 1. The largest absolute Gasteiger partial charge is 0.494 e. The minimum absolute atomic E-state index is 0.0177. The van der Waals surface area contributed by atoms with E-state index < -0.39 is 0 Å². The zero-order valence-electron chi connectivity index (χ0n) is 19.0. The van der Waals surface area contributed by atoms with Crippen molar-refractivity contribution in [1.29, 1.82) is 0 Å². The molecule has 0 aliphatic rings. The van der Waals surface area contributed by atoms with Crippen LogP contribution in [-0.4, -0.2) is 54.8 Å². The fourth-order valence-corrected chi connectivity index (χ4v) is 5.20. The van der Waals surface area contributed by atoms with Crippen LogP contribution in [0.4, 0.5) is 5.13 Å². The van der Waals surface area contributed by atoms with Crippen LogP contribution in [0.2, 0.25) is 0 Å². The van der Waals surface area contributed by atoms with Crippen LogP contribution >= 0.6 is 23.1 Å². The molecule has 0 aliphatic heterocycles. The minimum Gasteiger partial charge on any atom is -0.494 e. The third kappa shape index (κ3) is 5.40. The van der Waals surface area contributed by atoms with Gasteiger partial charge in [-0.2, -0.15) is 0 Å². The molecular weight excluding hydrogens is 426 g/mol. The number of hydrogen-bond donors (Lipinski definition) is 0. The lowest BCUT2D eigenvalue weighted by Crippen LogP contribution is -2.38. The molecule has 0 bridgehead atoms. The Morgan fingerprint density at radius 1 is 1.06 bits per heavy atom. The summed E-state index contributed by atoms with van der Waals surface area (Å²) in [5.41, 5.74) is 2.64. The maximum Gasteiger partial charge on any atom is 0.260 e. The van der Waals surface area contributed by atoms with Crippen LogP contribution in [0.1, 0.15) is 36.7 Å². The Morgan fingerprint density at radius 3 is 2.39 bits per heavy atom. The number of aryl methyl sites for hydroxylation is 1. The van der Waals surface area contributed by atoms with Gasteiger partial charge in [-0.15, -0.1) is 11.8 Å². The molecule has 1 aromatic heterocycles. The zero-order valence-corrected chi connectivity index (χ0v) is 20.6. The number of thioether (sulfide) groups is 1. The van der Waals surface area contributed by atoms with Crippen molar-refractivity contribution in [2.75, 3.05) is 43.9 Å². The summed E-state index contributed by atoms with van der Waals surface area (Å²) in [5.74, 6) is 1.73. The maximum absolute atomic E-state index is 13.6. The summed E-state index contributed by atoms with van der Waals surface area (Å²) >= 11 is 3.33. The number of fused-ring (bicyclic) bond motifs is 1. The predicted molar refractivity (Wildman–Crippen MR) is 133 cm³/mol. The van der Waals surface area contributed by atoms with E-state index >= 15 is 0 Å². The van der Waals surface area contributed by atoms with E-state index in [-0.39, 0.29) is 5.91 Å². The third-order valence-corrected chi connectivity index (χ3v) is 7.44. The van der Waals surface area contributed by atoms with Crippen LogP contribution in [0.5, 0.6) is 5.75 Å². The van der Waals surface area contributed by atoms with E-state index in [1.807, 2.05) is 41.3 Å². The Balaban J connectivity index is 1.98. The first-order valence-electron chi connectivity index (χ1n) is 10.7. The van der Waals surface area contributed by atoms with Crippen molar-refractivity contribution in [1.82, 2.24) is 9.88 Å². The SMILES string of the molecule is CCSc1ccc(C(=O)N(CCN(CC)CC)c2nc3c(OC)ccc(C)c3s2)cc1. The second-order valence-electron chi connectivity index (χ2n) is 7.20. The van der Waals surface area contributed by atoms with E-state index in [0.29, 0.717) is 17.2 Å². The summed E-state index contributed by atoms with van der Waals surface area (Å²) in [4.78, 5) is 23.7. The quantitative estimate of drug-likeness (QED) is 0.365. The third-order valence-electron chi connectivity index (χ3n) is 5.33. The first kappa shape index (κ1) is 23.6. The highest BCUT2D eigenvalue weighted by Crippen LogP contribution is 2.36. The molecule has 1 amide bonds. The number of benzene rings is 2. The van der Waals surface area contributed by atoms with E-state index in [1.165, 1.54) is 4.90 Å². The normalized spacial score (nSPS) is 11.3. The maximum atomic E-state index is 13.6. The predicted octanol–water partition coefficient (Wildman–Crippen LogP) is 5.71. The van der Waals surface area contributed by atoms with Gasteiger partial charge in [0.1, 0.15) is 11.3 Å². The topological polar surface area (TPSA) is 45.7 Å². The number of thiazole rings is 1. The van der Waals surface area contributed by atoms with E-state index in [9.17, 15) is 4.79 Å².